The smallest absolute Gasteiger partial charge is 0.122 e. The van der Waals surface area contributed by atoms with Crippen LogP contribution in [-0.4, -0.2) is 19.8 Å². The first kappa shape index (κ1) is 21.4. The van der Waals surface area contributed by atoms with Crippen LogP contribution in [0.2, 0.25) is 0 Å². The third-order valence-electron chi connectivity index (χ3n) is 5.02. The lowest BCUT2D eigenvalue weighted by Gasteiger charge is -2.22. The molecule has 3 aromatic rings. The van der Waals surface area contributed by atoms with Crippen molar-refractivity contribution in [3.8, 4) is 11.5 Å². The molecule has 0 spiro atoms. The zero-order valence-corrected chi connectivity index (χ0v) is 18.5. The average Bonchev–Trinajstić information content (AvgIpc) is 3.26. The van der Waals surface area contributed by atoms with Gasteiger partial charge in [0.25, 0.3) is 0 Å². The number of nitrogens with one attached hydrogen (secondary N) is 1. The number of methoxy groups -OCH3 is 1. The third kappa shape index (κ3) is 5.84. The second-order valence-electron chi connectivity index (χ2n) is 7.51. The second-order valence-corrected chi connectivity index (χ2v) is 8.49. The van der Waals surface area contributed by atoms with Crippen LogP contribution in [0.15, 0.2) is 66.0 Å². The summed E-state index contributed by atoms with van der Waals surface area (Å²) in [5, 5.41) is 5.81. The molecule has 1 heterocycles. The van der Waals surface area contributed by atoms with Crippen molar-refractivity contribution in [2.24, 2.45) is 0 Å². The standard InChI is InChI=1S/C25H31NO2S/c1-18(2)28-21-13-11-20(12-14-21)22(23-8-5-6-9-24(23)27-4)15-16-26-19(3)25-10-7-17-29-25/h5-14,17-19,22,26H,15-16H2,1-4H3/t19-,22+/m1/s1. The van der Waals surface area contributed by atoms with Crippen LogP contribution in [0.4, 0.5) is 0 Å². The molecule has 3 rings (SSSR count). The Morgan fingerprint density at radius 1 is 0.931 bits per heavy atom. The second kappa shape index (κ2) is 10.5. The molecule has 0 saturated carbocycles. The first-order valence-electron chi connectivity index (χ1n) is 10.2. The molecule has 3 nitrogen and oxygen atoms in total. The quantitative estimate of drug-likeness (QED) is 0.419. The van der Waals surface area contributed by atoms with Gasteiger partial charge in [-0.15, -0.1) is 11.3 Å². The molecule has 2 aromatic carbocycles. The Hall–Kier alpha value is -2.30. The Morgan fingerprint density at radius 2 is 1.69 bits per heavy atom. The lowest BCUT2D eigenvalue weighted by molar-refractivity contribution is 0.242. The van der Waals surface area contributed by atoms with Gasteiger partial charge in [0.15, 0.2) is 0 Å². The van der Waals surface area contributed by atoms with E-state index < -0.39 is 0 Å². The normalized spacial score (nSPS) is 13.3. The fraction of sp³-hybridized carbons (Fsp3) is 0.360. The Bertz CT molecular complexity index is 859. The highest BCUT2D eigenvalue weighted by Crippen LogP contribution is 2.35. The Kier molecular flexibility index (Phi) is 7.73. The summed E-state index contributed by atoms with van der Waals surface area (Å²) in [6, 6.07) is 21.5. The SMILES string of the molecule is COc1ccccc1[C@@H](CCN[C@H](C)c1cccs1)c1ccc(OC(C)C)cc1. The number of thiophene rings is 1. The van der Waals surface area contributed by atoms with Gasteiger partial charge in [0.1, 0.15) is 11.5 Å². The van der Waals surface area contributed by atoms with Crippen LogP contribution in [0, 0.1) is 0 Å². The predicted octanol–water partition coefficient (Wildman–Crippen LogP) is 6.42. The molecular formula is C25H31NO2S. The van der Waals surface area contributed by atoms with Gasteiger partial charge in [-0.1, -0.05) is 36.4 Å². The van der Waals surface area contributed by atoms with Gasteiger partial charge in [-0.2, -0.15) is 0 Å². The number of para-hydroxylation sites is 1. The van der Waals surface area contributed by atoms with Crippen LogP contribution >= 0.6 is 11.3 Å². The highest BCUT2D eigenvalue weighted by Gasteiger charge is 2.19. The fourth-order valence-electron chi connectivity index (χ4n) is 3.59. The van der Waals surface area contributed by atoms with Crippen molar-refractivity contribution in [3.05, 3.63) is 82.0 Å². The van der Waals surface area contributed by atoms with Crippen molar-refractivity contribution in [2.45, 2.75) is 45.3 Å². The summed E-state index contributed by atoms with van der Waals surface area (Å²) in [6.07, 6.45) is 1.16. The maximum atomic E-state index is 5.82. The zero-order chi connectivity index (χ0) is 20.6. The number of rotatable bonds is 10. The van der Waals surface area contributed by atoms with E-state index in [0.717, 1.165) is 24.5 Å². The van der Waals surface area contributed by atoms with Crippen molar-refractivity contribution in [1.82, 2.24) is 5.32 Å². The third-order valence-corrected chi connectivity index (χ3v) is 6.08. The largest absolute Gasteiger partial charge is 0.496 e. The number of ether oxygens (including phenoxy) is 2. The summed E-state index contributed by atoms with van der Waals surface area (Å²) in [4.78, 5) is 1.37. The molecule has 29 heavy (non-hydrogen) atoms. The van der Waals surface area contributed by atoms with Crippen LogP contribution in [0.1, 0.15) is 55.2 Å². The first-order valence-corrected chi connectivity index (χ1v) is 11.1. The van der Waals surface area contributed by atoms with Gasteiger partial charge in [-0.3, -0.25) is 0 Å². The molecule has 154 valence electrons. The Labute approximate surface area is 178 Å². The molecule has 0 fully saturated rings. The number of hydrogen-bond acceptors (Lipinski definition) is 4. The summed E-state index contributed by atoms with van der Waals surface area (Å²) < 4.78 is 11.5. The summed E-state index contributed by atoms with van der Waals surface area (Å²) >= 11 is 1.80. The van der Waals surface area contributed by atoms with Gasteiger partial charge in [0, 0.05) is 22.4 Å². The van der Waals surface area contributed by atoms with E-state index in [0.29, 0.717) is 6.04 Å². The van der Waals surface area contributed by atoms with E-state index in [1.807, 2.05) is 26.0 Å². The highest BCUT2D eigenvalue weighted by molar-refractivity contribution is 7.10. The van der Waals surface area contributed by atoms with Gasteiger partial charge in [-0.25, -0.2) is 0 Å². The Morgan fingerprint density at radius 3 is 2.34 bits per heavy atom. The minimum atomic E-state index is 0.175. The summed E-state index contributed by atoms with van der Waals surface area (Å²) in [5.41, 5.74) is 2.49. The molecule has 0 aliphatic rings. The molecule has 0 unspecified atom stereocenters. The number of hydrogen-bond donors (Lipinski definition) is 1. The van der Waals surface area contributed by atoms with Gasteiger partial charge in [0.05, 0.1) is 13.2 Å². The summed E-state index contributed by atoms with van der Waals surface area (Å²) in [6.45, 7) is 7.24. The van der Waals surface area contributed by atoms with E-state index >= 15 is 0 Å². The molecule has 0 bridgehead atoms. The lowest BCUT2D eigenvalue weighted by atomic mass is 9.87. The van der Waals surface area contributed by atoms with Crippen molar-refractivity contribution < 1.29 is 9.47 Å². The highest BCUT2D eigenvalue weighted by atomic mass is 32.1. The summed E-state index contributed by atoms with van der Waals surface area (Å²) in [7, 11) is 1.74. The number of benzene rings is 2. The summed E-state index contributed by atoms with van der Waals surface area (Å²) in [5.74, 6) is 2.10. The molecule has 0 aliphatic carbocycles. The predicted molar refractivity (Wildman–Crippen MR) is 122 cm³/mol. The molecular weight excluding hydrogens is 378 g/mol. The molecule has 0 aliphatic heterocycles. The van der Waals surface area contributed by atoms with Gasteiger partial charge in [0.2, 0.25) is 0 Å². The van der Waals surface area contributed by atoms with Crippen LogP contribution in [0.3, 0.4) is 0 Å². The van der Waals surface area contributed by atoms with Crippen molar-refractivity contribution in [1.29, 1.82) is 0 Å². The Balaban J connectivity index is 1.78. The van der Waals surface area contributed by atoms with Crippen LogP contribution in [-0.2, 0) is 0 Å². The van der Waals surface area contributed by atoms with Crippen molar-refractivity contribution in [2.75, 3.05) is 13.7 Å². The minimum Gasteiger partial charge on any atom is -0.496 e. The molecule has 4 heteroatoms. The minimum absolute atomic E-state index is 0.175. The van der Waals surface area contributed by atoms with E-state index in [2.05, 4.69) is 66.2 Å². The van der Waals surface area contributed by atoms with Gasteiger partial charge in [-0.05, 0) is 68.9 Å². The molecule has 1 N–H and O–H groups in total. The molecule has 0 radical (unpaired) electrons. The lowest BCUT2D eigenvalue weighted by Crippen LogP contribution is -2.21. The molecule has 0 amide bonds. The van der Waals surface area contributed by atoms with Crippen LogP contribution in [0.25, 0.3) is 0 Å². The first-order chi connectivity index (χ1) is 14.1. The van der Waals surface area contributed by atoms with E-state index in [4.69, 9.17) is 9.47 Å². The van der Waals surface area contributed by atoms with E-state index in [1.165, 1.54) is 16.0 Å². The maximum absolute atomic E-state index is 5.82. The van der Waals surface area contributed by atoms with E-state index in [-0.39, 0.29) is 12.0 Å². The topological polar surface area (TPSA) is 30.5 Å². The van der Waals surface area contributed by atoms with E-state index in [1.54, 1.807) is 18.4 Å². The van der Waals surface area contributed by atoms with Crippen molar-refractivity contribution >= 4 is 11.3 Å². The molecule has 1 aromatic heterocycles. The molecule has 0 saturated heterocycles. The zero-order valence-electron chi connectivity index (χ0n) is 17.7. The van der Waals surface area contributed by atoms with Crippen LogP contribution in [0.5, 0.6) is 11.5 Å². The maximum Gasteiger partial charge on any atom is 0.122 e. The average molecular weight is 410 g/mol. The molecule has 2 atom stereocenters. The monoisotopic (exact) mass is 409 g/mol. The fourth-order valence-corrected chi connectivity index (χ4v) is 4.35. The van der Waals surface area contributed by atoms with Gasteiger partial charge < -0.3 is 14.8 Å². The van der Waals surface area contributed by atoms with Gasteiger partial charge >= 0.3 is 0 Å². The van der Waals surface area contributed by atoms with Crippen molar-refractivity contribution in [3.63, 3.8) is 0 Å². The van der Waals surface area contributed by atoms with Crippen LogP contribution < -0.4 is 14.8 Å². The van der Waals surface area contributed by atoms with E-state index in [9.17, 15) is 0 Å².